The zero-order valence-electron chi connectivity index (χ0n) is 15.8. The van der Waals surface area contributed by atoms with Crippen molar-refractivity contribution in [3.63, 3.8) is 0 Å². The molecule has 0 aliphatic carbocycles. The van der Waals surface area contributed by atoms with E-state index in [1.165, 1.54) is 5.56 Å². The number of aromatic nitrogens is 2. The number of rotatable bonds is 8. The van der Waals surface area contributed by atoms with Crippen LogP contribution in [0, 0.1) is 0 Å². The van der Waals surface area contributed by atoms with E-state index in [2.05, 4.69) is 28.6 Å². The smallest absolute Gasteiger partial charge is 0.231 e. The van der Waals surface area contributed by atoms with E-state index in [1.54, 1.807) is 11.8 Å². The molecule has 2 aromatic carbocycles. The maximum absolute atomic E-state index is 12.5. The van der Waals surface area contributed by atoms with Gasteiger partial charge in [-0.1, -0.05) is 48.2 Å². The van der Waals surface area contributed by atoms with Crippen LogP contribution in [-0.4, -0.2) is 27.9 Å². The summed E-state index contributed by atoms with van der Waals surface area (Å²) in [7, 11) is 0. The Morgan fingerprint density at radius 1 is 1.11 bits per heavy atom. The molecule has 0 bridgehead atoms. The minimum Gasteiger partial charge on any atom is -0.454 e. The van der Waals surface area contributed by atoms with Crippen LogP contribution in [0.3, 0.4) is 0 Å². The molecule has 1 aliphatic rings. The molecule has 1 aliphatic heterocycles. The number of hydrogen-bond acceptors (Lipinski definition) is 5. The molecular weight excluding hydrogens is 372 g/mol. The van der Waals surface area contributed by atoms with Gasteiger partial charge in [0.25, 0.3) is 0 Å². The minimum atomic E-state index is 0.178. The number of ether oxygens (including phenoxy) is 2. The highest BCUT2D eigenvalue weighted by Crippen LogP contribution is 2.32. The van der Waals surface area contributed by atoms with Gasteiger partial charge in [0, 0.05) is 19.4 Å². The first-order valence-corrected chi connectivity index (χ1v) is 10.3. The van der Waals surface area contributed by atoms with E-state index >= 15 is 0 Å². The van der Waals surface area contributed by atoms with E-state index in [0.717, 1.165) is 35.1 Å². The number of benzene rings is 2. The van der Waals surface area contributed by atoms with Crippen LogP contribution in [0.4, 0.5) is 0 Å². The van der Waals surface area contributed by atoms with Crippen LogP contribution in [-0.2, 0) is 24.2 Å². The maximum Gasteiger partial charge on any atom is 0.231 e. The predicted octanol–water partition coefficient (Wildman–Crippen LogP) is 4.13. The van der Waals surface area contributed by atoms with Gasteiger partial charge in [0.05, 0.1) is 17.0 Å². The number of thioether (sulfide) groups is 1. The first-order chi connectivity index (χ1) is 13.7. The molecule has 0 fully saturated rings. The summed E-state index contributed by atoms with van der Waals surface area (Å²) in [5.41, 5.74) is 2.18. The van der Waals surface area contributed by atoms with Crippen molar-refractivity contribution in [2.75, 3.05) is 12.5 Å². The zero-order valence-corrected chi connectivity index (χ0v) is 16.6. The number of carbonyl (C=O) groups excluding carboxylic acids is 1. The first-order valence-electron chi connectivity index (χ1n) is 9.34. The third-order valence-electron chi connectivity index (χ3n) is 4.64. The molecule has 0 amide bonds. The summed E-state index contributed by atoms with van der Waals surface area (Å²) < 4.78 is 12.9. The lowest BCUT2D eigenvalue weighted by molar-refractivity contribution is -0.116. The normalized spacial score (nSPS) is 12.3. The molecule has 4 rings (SSSR count). The van der Waals surface area contributed by atoms with Gasteiger partial charge in [-0.3, -0.25) is 4.79 Å². The van der Waals surface area contributed by atoms with Crippen molar-refractivity contribution in [2.24, 2.45) is 0 Å². The molecule has 0 atom stereocenters. The summed E-state index contributed by atoms with van der Waals surface area (Å²) in [6.07, 6.45) is 3.06. The predicted molar refractivity (Wildman–Crippen MR) is 109 cm³/mol. The van der Waals surface area contributed by atoms with Crippen LogP contribution in [0.15, 0.2) is 59.8 Å². The number of hydrogen-bond donors (Lipinski definition) is 0. The van der Waals surface area contributed by atoms with Gasteiger partial charge in [-0.15, -0.1) is 0 Å². The Hall–Kier alpha value is -2.73. The summed E-state index contributed by atoms with van der Waals surface area (Å²) in [4.78, 5) is 17.0. The van der Waals surface area contributed by atoms with Crippen molar-refractivity contribution in [3.8, 4) is 11.5 Å². The zero-order chi connectivity index (χ0) is 19.3. The fourth-order valence-corrected chi connectivity index (χ4v) is 4.18. The average molecular weight is 394 g/mol. The van der Waals surface area contributed by atoms with Crippen LogP contribution >= 0.6 is 11.8 Å². The van der Waals surface area contributed by atoms with Gasteiger partial charge in [0.15, 0.2) is 11.5 Å². The van der Waals surface area contributed by atoms with E-state index in [9.17, 15) is 4.79 Å². The Morgan fingerprint density at radius 3 is 2.75 bits per heavy atom. The molecule has 0 N–H and O–H groups in total. The first kappa shape index (κ1) is 18.6. The van der Waals surface area contributed by atoms with Gasteiger partial charge in [-0.2, -0.15) is 0 Å². The molecule has 0 saturated carbocycles. The van der Waals surface area contributed by atoms with Crippen LogP contribution < -0.4 is 9.47 Å². The van der Waals surface area contributed by atoms with Crippen molar-refractivity contribution >= 4 is 17.5 Å². The number of nitrogens with zero attached hydrogens (tertiary/aromatic N) is 2. The SMILES string of the molecule is CCn1c(SCC(=O)Cc2ccc3c(c2)OCO3)cnc1Cc1ccccc1. The highest BCUT2D eigenvalue weighted by Gasteiger charge is 2.16. The molecule has 0 saturated heterocycles. The van der Waals surface area contributed by atoms with Crippen LogP contribution in [0.2, 0.25) is 0 Å². The maximum atomic E-state index is 12.5. The number of ketones is 1. The average Bonchev–Trinajstić information content (AvgIpc) is 3.33. The fourth-order valence-electron chi connectivity index (χ4n) is 3.25. The Kier molecular flexibility index (Phi) is 5.67. The van der Waals surface area contributed by atoms with Crippen molar-refractivity contribution in [2.45, 2.75) is 31.3 Å². The van der Waals surface area contributed by atoms with Crippen molar-refractivity contribution < 1.29 is 14.3 Å². The Labute approximate surface area is 168 Å². The van der Waals surface area contributed by atoms with Crippen molar-refractivity contribution in [3.05, 3.63) is 71.7 Å². The van der Waals surface area contributed by atoms with Crippen LogP contribution in [0.5, 0.6) is 11.5 Å². The highest BCUT2D eigenvalue weighted by molar-refractivity contribution is 7.99. The third kappa shape index (κ3) is 4.22. The Morgan fingerprint density at radius 2 is 1.93 bits per heavy atom. The summed E-state index contributed by atoms with van der Waals surface area (Å²) in [6, 6.07) is 16.0. The molecule has 3 aromatic rings. The van der Waals surface area contributed by atoms with E-state index in [0.29, 0.717) is 17.9 Å². The highest BCUT2D eigenvalue weighted by atomic mass is 32.2. The monoisotopic (exact) mass is 394 g/mol. The molecule has 1 aromatic heterocycles. The topological polar surface area (TPSA) is 53.4 Å². The van der Waals surface area contributed by atoms with Crippen molar-refractivity contribution in [1.29, 1.82) is 0 Å². The molecule has 28 heavy (non-hydrogen) atoms. The van der Waals surface area contributed by atoms with E-state index < -0.39 is 0 Å². The largest absolute Gasteiger partial charge is 0.454 e. The lowest BCUT2D eigenvalue weighted by Crippen LogP contribution is -2.08. The standard InChI is InChI=1S/C22H22N2O3S/c1-2-24-21(12-16-6-4-3-5-7-16)23-13-22(24)28-14-18(25)10-17-8-9-19-20(11-17)27-15-26-19/h3-9,11,13H,2,10,12,14-15H2,1H3. The van der Waals surface area contributed by atoms with Gasteiger partial charge >= 0.3 is 0 Å². The summed E-state index contributed by atoms with van der Waals surface area (Å²) >= 11 is 1.55. The van der Waals surface area contributed by atoms with E-state index in [1.807, 2.05) is 42.6 Å². The van der Waals surface area contributed by atoms with Gasteiger partial charge in [0.1, 0.15) is 11.6 Å². The van der Waals surface area contributed by atoms with Crippen LogP contribution in [0.25, 0.3) is 0 Å². The second kappa shape index (κ2) is 8.52. The molecule has 144 valence electrons. The van der Waals surface area contributed by atoms with Gasteiger partial charge in [-0.05, 0) is 30.2 Å². The Balaban J connectivity index is 1.37. The fraction of sp³-hybridized carbons (Fsp3) is 0.273. The third-order valence-corrected chi connectivity index (χ3v) is 5.73. The van der Waals surface area contributed by atoms with Gasteiger partial charge in [-0.25, -0.2) is 4.98 Å². The Bertz CT molecular complexity index is 969. The van der Waals surface area contributed by atoms with E-state index in [-0.39, 0.29) is 12.6 Å². The lowest BCUT2D eigenvalue weighted by Gasteiger charge is -2.09. The second-order valence-corrected chi connectivity index (χ2v) is 7.61. The van der Waals surface area contributed by atoms with Gasteiger partial charge in [0.2, 0.25) is 6.79 Å². The molecule has 5 nitrogen and oxygen atoms in total. The minimum absolute atomic E-state index is 0.178. The molecular formula is C22H22N2O3S. The molecule has 0 unspecified atom stereocenters. The summed E-state index contributed by atoms with van der Waals surface area (Å²) in [5, 5.41) is 1.03. The van der Waals surface area contributed by atoms with Gasteiger partial charge < -0.3 is 14.0 Å². The molecule has 6 heteroatoms. The lowest BCUT2D eigenvalue weighted by atomic mass is 10.1. The van der Waals surface area contributed by atoms with E-state index in [4.69, 9.17) is 9.47 Å². The number of fused-ring (bicyclic) bond motifs is 1. The number of imidazole rings is 1. The second-order valence-electron chi connectivity index (χ2n) is 6.61. The summed E-state index contributed by atoms with van der Waals surface area (Å²) in [5.74, 6) is 3.08. The number of Topliss-reactive ketones (excluding diaryl/α,β-unsaturated/α-hetero) is 1. The quantitative estimate of drug-likeness (QED) is 0.538. The number of carbonyl (C=O) groups is 1. The van der Waals surface area contributed by atoms with Crippen molar-refractivity contribution in [1.82, 2.24) is 9.55 Å². The summed E-state index contributed by atoms with van der Waals surface area (Å²) in [6.45, 7) is 3.18. The molecule has 0 radical (unpaired) electrons. The van der Waals surface area contributed by atoms with Crippen LogP contribution in [0.1, 0.15) is 23.9 Å². The molecule has 2 heterocycles. The molecule has 0 spiro atoms.